The van der Waals surface area contributed by atoms with E-state index in [2.05, 4.69) is 10.3 Å². The summed E-state index contributed by atoms with van der Waals surface area (Å²) < 4.78 is 0. The minimum atomic E-state index is -0.0662. The summed E-state index contributed by atoms with van der Waals surface area (Å²) in [4.78, 5) is 15.2. The summed E-state index contributed by atoms with van der Waals surface area (Å²) in [6.45, 7) is 0.637. The Morgan fingerprint density at radius 2 is 1.82 bits per heavy atom. The van der Waals surface area contributed by atoms with Gasteiger partial charge in [0.2, 0.25) is 0 Å². The third kappa shape index (κ3) is 3.18. The number of fused-ring (bicyclic) bond motifs is 1. The second-order valence-electron chi connectivity index (χ2n) is 5.26. The number of amides is 1. The van der Waals surface area contributed by atoms with Gasteiger partial charge in [0.25, 0.3) is 5.91 Å². The molecule has 112 valence electrons. The maximum atomic E-state index is 12.1. The largest absolute Gasteiger partial charge is 0.392 e. The van der Waals surface area contributed by atoms with Gasteiger partial charge in [-0.1, -0.05) is 30.3 Å². The number of aromatic amines is 1. The van der Waals surface area contributed by atoms with Crippen LogP contribution in [0.2, 0.25) is 0 Å². The summed E-state index contributed by atoms with van der Waals surface area (Å²) in [5.74, 6) is -0.0662. The Morgan fingerprint density at radius 3 is 2.59 bits per heavy atom. The van der Waals surface area contributed by atoms with Crippen LogP contribution in [-0.2, 0) is 13.0 Å². The molecular weight excluding hydrogens is 276 g/mol. The number of aliphatic hydroxyl groups excluding tert-OH is 1. The van der Waals surface area contributed by atoms with Crippen LogP contribution in [-0.4, -0.2) is 22.5 Å². The smallest absolute Gasteiger partial charge is 0.251 e. The summed E-state index contributed by atoms with van der Waals surface area (Å²) in [7, 11) is 0. The van der Waals surface area contributed by atoms with E-state index < -0.39 is 0 Å². The third-order valence-corrected chi connectivity index (χ3v) is 3.72. The van der Waals surface area contributed by atoms with Gasteiger partial charge in [-0.05, 0) is 41.1 Å². The maximum absolute atomic E-state index is 12.1. The highest BCUT2D eigenvalue weighted by atomic mass is 16.3. The predicted octanol–water partition coefficient (Wildman–Crippen LogP) is 2.63. The lowest BCUT2D eigenvalue weighted by molar-refractivity contribution is 0.0954. The van der Waals surface area contributed by atoms with Crippen molar-refractivity contribution < 1.29 is 9.90 Å². The molecule has 2 aromatic carbocycles. The third-order valence-electron chi connectivity index (χ3n) is 3.72. The molecule has 1 amide bonds. The van der Waals surface area contributed by atoms with Crippen molar-refractivity contribution in [1.29, 1.82) is 0 Å². The van der Waals surface area contributed by atoms with Crippen LogP contribution < -0.4 is 5.32 Å². The molecule has 0 aliphatic carbocycles. The lowest BCUT2D eigenvalue weighted by Crippen LogP contribution is -2.25. The Kier molecular flexibility index (Phi) is 4.21. The fourth-order valence-corrected chi connectivity index (χ4v) is 2.42. The van der Waals surface area contributed by atoms with Crippen LogP contribution in [0.5, 0.6) is 0 Å². The number of aromatic nitrogens is 1. The second kappa shape index (κ2) is 6.45. The number of rotatable bonds is 5. The van der Waals surface area contributed by atoms with Crippen molar-refractivity contribution in [3.05, 3.63) is 71.4 Å². The average molecular weight is 294 g/mol. The Morgan fingerprint density at radius 1 is 1.05 bits per heavy atom. The van der Waals surface area contributed by atoms with E-state index in [1.54, 1.807) is 0 Å². The fraction of sp³-hybridized carbons (Fsp3) is 0.167. The molecule has 3 N–H and O–H groups in total. The highest BCUT2D eigenvalue weighted by Gasteiger charge is 2.06. The summed E-state index contributed by atoms with van der Waals surface area (Å²) in [6, 6.07) is 15.4. The average Bonchev–Trinajstić information content (AvgIpc) is 3.03. The monoisotopic (exact) mass is 294 g/mol. The Balaban J connectivity index is 1.57. The minimum Gasteiger partial charge on any atom is -0.392 e. The van der Waals surface area contributed by atoms with Gasteiger partial charge in [0.05, 0.1) is 6.61 Å². The Labute approximate surface area is 128 Å². The van der Waals surface area contributed by atoms with Gasteiger partial charge < -0.3 is 15.4 Å². The number of H-pyrrole nitrogens is 1. The van der Waals surface area contributed by atoms with Crippen molar-refractivity contribution in [3.8, 4) is 0 Å². The van der Waals surface area contributed by atoms with Crippen LogP contribution in [0, 0.1) is 0 Å². The van der Waals surface area contributed by atoms with Gasteiger partial charge in [-0.2, -0.15) is 0 Å². The zero-order valence-corrected chi connectivity index (χ0v) is 12.2. The Bertz CT molecular complexity index is 775. The zero-order valence-electron chi connectivity index (χ0n) is 12.2. The predicted molar refractivity (Wildman–Crippen MR) is 86.7 cm³/mol. The van der Waals surface area contributed by atoms with Crippen LogP contribution in [0.15, 0.2) is 54.7 Å². The molecule has 0 spiro atoms. The van der Waals surface area contributed by atoms with E-state index in [-0.39, 0.29) is 12.5 Å². The van der Waals surface area contributed by atoms with E-state index in [0.717, 1.165) is 28.5 Å². The number of nitrogens with one attached hydrogen (secondary N) is 2. The zero-order chi connectivity index (χ0) is 15.4. The quantitative estimate of drug-likeness (QED) is 0.677. The summed E-state index contributed by atoms with van der Waals surface area (Å²) >= 11 is 0. The van der Waals surface area contributed by atoms with Crippen molar-refractivity contribution in [1.82, 2.24) is 10.3 Å². The molecule has 0 atom stereocenters. The standard InChI is InChI=1S/C18H18N2O2/c21-12-14-3-1-13(2-4-14)7-9-20-18(22)16-6-5-15-8-10-19-17(15)11-16/h1-6,8,10-11,19,21H,7,9,12H2,(H,20,22). The number of carbonyl (C=O) groups excluding carboxylic acids is 1. The first-order chi connectivity index (χ1) is 10.8. The van der Waals surface area contributed by atoms with E-state index >= 15 is 0 Å². The first kappa shape index (κ1) is 14.4. The van der Waals surface area contributed by atoms with Gasteiger partial charge in [0.15, 0.2) is 0 Å². The SMILES string of the molecule is O=C(NCCc1ccc(CO)cc1)c1ccc2cc[nH]c2c1. The minimum absolute atomic E-state index is 0.0538. The van der Waals surface area contributed by atoms with Gasteiger partial charge in [0.1, 0.15) is 0 Å². The van der Waals surface area contributed by atoms with Crippen molar-refractivity contribution >= 4 is 16.8 Å². The lowest BCUT2D eigenvalue weighted by Gasteiger charge is -2.06. The fourth-order valence-electron chi connectivity index (χ4n) is 2.42. The molecule has 1 aromatic heterocycles. The second-order valence-corrected chi connectivity index (χ2v) is 5.26. The molecule has 0 saturated heterocycles. The number of hydrogen-bond donors (Lipinski definition) is 3. The van der Waals surface area contributed by atoms with Gasteiger partial charge in [0, 0.05) is 23.8 Å². The topological polar surface area (TPSA) is 65.1 Å². The summed E-state index contributed by atoms with van der Waals surface area (Å²) in [5.41, 5.74) is 3.65. The Hall–Kier alpha value is -2.59. The molecule has 3 rings (SSSR count). The van der Waals surface area contributed by atoms with Crippen molar-refractivity contribution in [2.45, 2.75) is 13.0 Å². The molecular formula is C18H18N2O2. The normalized spacial score (nSPS) is 10.8. The molecule has 0 fully saturated rings. The lowest BCUT2D eigenvalue weighted by atomic mass is 10.1. The molecule has 22 heavy (non-hydrogen) atoms. The van der Waals surface area contributed by atoms with Crippen molar-refractivity contribution in [2.75, 3.05) is 6.54 Å². The number of carbonyl (C=O) groups is 1. The van der Waals surface area contributed by atoms with Crippen LogP contribution in [0.25, 0.3) is 10.9 Å². The highest BCUT2D eigenvalue weighted by Crippen LogP contribution is 2.14. The summed E-state index contributed by atoms with van der Waals surface area (Å²) in [6.07, 6.45) is 2.63. The first-order valence-electron chi connectivity index (χ1n) is 7.30. The van der Waals surface area contributed by atoms with E-state index in [1.165, 1.54) is 0 Å². The molecule has 0 aliphatic heterocycles. The number of hydrogen-bond acceptors (Lipinski definition) is 2. The van der Waals surface area contributed by atoms with Gasteiger partial charge in [-0.3, -0.25) is 4.79 Å². The van der Waals surface area contributed by atoms with Gasteiger partial charge in [-0.15, -0.1) is 0 Å². The molecule has 3 aromatic rings. The molecule has 4 nitrogen and oxygen atoms in total. The van der Waals surface area contributed by atoms with Crippen LogP contribution in [0.1, 0.15) is 21.5 Å². The maximum Gasteiger partial charge on any atom is 0.251 e. The number of benzene rings is 2. The van der Waals surface area contributed by atoms with E-state index in [0.29, 0.717) is 12.1 Å². The van der Waals surface area contributed by atoms with Crippen molar-refractivity contribution in [3.63, 3.8) is 0 Å². The number of aliphatic hydroxyl groups is 1. The molecule has 1 heterocycles. The first-order valence-corrected chi connectivity index (χ1v) is 7.30. The van der Waals surface area contributed by atoms with Crippen LogP contribution in [0.4, 0.5) is 0 Å². The molecule has 0 unspecified atom stereocenters. The molecule has 0 aliphatic rings. The van der Waals surface area contributed by atoms with E-state index in [9.17, 15) is 4.79 Å². The molecule has 0 bridgehead atoms. The van der Waals surface area contributed by atoms with Crippen LogP contribution in [0.3, 0.4) is 0 Å². The molecule has 0 radical (unpaired) electrons. The van der Waals surface area contributed by atoms with Crippen molar-refractivity contribution in [2.24, 2.45) is 0 Å². The molecule has 4 heteroatoms. The molecule has 0 saturated carbocycles. The van der Waals surface area contributed by atoms with Crippen LogP contribution >= 0.6 is 0 Å². The highest BCUT2D eigenvalue weighted by molar-refractivity contribution is 5.97. The van der Waals surface area contributed by atoms with E-state index in [4.69, 9.17) is 5.11 Å². The van der Waals surface area contributed by atoms with E-state index in [1.807, 2.05) is 54.7 Å². The van der Waals surface area contributed by atoms with Gasteiger partial charge in [-0.25, -0.2) is 0 Å². The van der Waals surface area contributed by atoms with Gasteiger partial charge >= 0.3 is 0 Å². The summed E-state index contributed by atoms with van der Waals surface area (Å²) in [5, 5.41) is 13.0.